The minimum absolute atomic E-state index is 0.174. The van der Waals surface area contributed by atoms with E-state index in [-0.39, 0.29) is 6.54 Å². The number of rotatable bonds is 9. The summed E-state index contributed by atoms with van der Waals surface area (Å²) in [5.74, 6) is -0.276. The molecule has 5 rings (SSSR count). The zero-order chi connectivity index (χ0) is 30.6. The maximum absolute atomic E-state index is 12.9. The molecule has 0 aliphatic heterocycles. The van der Waals surface area contributed by atoms with E-state index in [1.165, 1.54) is 12.1 Å². The zero-order valence-electron chi connectivity index (χ0n) is 22.4. The Labute approximate surface area is 255 Å². The molecule has 0 atom stereocenters. The van der Waals surface area contributed by atoms with Crippen LogP contribution in [0.3, 0.4) is 0 Å². The molecule has 4 aromatic carbocycles. The molecule has 5 aromatic rings. The number of carboxylic acids is 1. The third-order valence-corrected chi connectivity index (χ3v) is 7.19. The zero-order valence-corrected chi connectivity index (χ0v) is 24.0. The van der Waals surface area contributed by atoms with Gasteiger partial charge in [-0.2, -0.15) is 13.2 Å². The van der Waals surface area contributed by atoms with Gasteiger partial charge in [0.2, 0.25) is 0 Å². The lowest BCUT2D eigenvalue weighted by atomic mass is 10.0. The number of hydrogen-bond acceptors (Lipinski definition) is 3. The van der Waals surface area contributed by atoms with Crippen molar-refractivity contribution in [2.24, 2.45) is 0 Å². The second kappa shape index (κ2) is 12.8. The average molecular weight is 622 g/mol. The summed E-state index contributed by atoms with van der Waals surface area (Å²) in [4.78, 5) is 15.7. The fourth-order valence-electron chi connectivity index (χ4n) is 4.43. The molecule has 0 saturated carbocycles. The molecule has 0 fully saturated rings. The van der Waals surface area contributed by atoms with Crippen LogP contribution < -0.4 is 5.32 Å². The van der Waals surface area contributed by atoms with Gasteiger partial charge >= 0.3 is 12.1 Å². The Morgan fingerprint density at radius 2 is 1.53 bits per heavy atom. The van der Waals surface area contributed by atoms with Gasteiger partial charge in [-0.15, -0.1) is 0 Å². The van der Waals surface area contributed by atoms with Gasteiger partial charge in [0.15, 0.2) is 0 Å². The van der Waals surface area contributed by atoms with Crippen molar-refractivity contribution < 1.29 is 23.1 Å². The highest BCUT2D eigenvalue weighted by Crippen LogP contribution is 2.32. The fraction of sp³-hybridized carbons (Fsp3) is 0.0909. The SMILES string of the molecule is O=C(O)CNc1ccc(Cn2cc(-c3ccc(Cl)cc3Cl)nc2C=Cc2ccc(-c3ccc(C(F)(F)F)cc3)cc2)cc1. The molecule has 5 nitrogen and oxygen atoms in total. The number of benzene rings is 4. The fourth-order valence-corrected chi connectivity index (χ4v) is 4.93. The molecule has 0 aliphatic rings. The predicted molar refractivity (Wildman–Crippen MR) is 165 cm³/mol. The summed E-state index contributed by atoms with van der Waals surface area (Å²) in [6, 6.07) is 25.2. The molecule has 2 N–H and O–H groups in total. The van der Waals surface area contributed by atoms with Gasteiger partial charge in [0, 0.05) is 29.0 Å². The third-order valence-electron chi connectivity index (χ3n) is 6.65. The minimum Gasteiger partial charge on any atom is -0.480 e. The summed E-state index contributed by atoms with van der Waals surface area (Å²) in [7, 11) is 0. The molecule has 0 bridgehead atoms. The van der Waals surface area contributed by atoms with Gasteiger partial charge in [-0.3, -0.25) is 4.79 Å². The first-order valence-electron chi connectivity index (χ1n) is 13.1. The van der Waals surface area contributed by atoms with E-state index in [1.807, 2.05) is 77.5 Å². The van der Waals surface area contributed by atoms with Crippen LogP contribution in [0.15, 0.2) is 97.2 Å². The van der Waals surface area contributed by atoms with Gasteiger partial charge in [-0.25, -0.2) is 4.98 Å². The normalized spacial score (nSPS) is 11.7. The molecular weight excluding hydrogens is 598 g/mol. The number of carboxylic acid groups (broad SMARTS) is 1. The summed E-state index contributed by atoms with van der Waals surface area (Å²) in [6.07, 6.45) is 1.31. The van der Waals surface area contributed by atoms with Gasteiger partial charge in [-0.1, -0.05) is 77.8 Å². The topological polar surface area (TPSA) is 67.2 Å². The van der Waals surface area contributed by atoms with Crippen LogP contribution in [-0.4, -0.2) is 27.2 Å². The van der Waals surface area contributed by atoms with E-state index in [4.69, 9.17) is 33.3 Å². The summed E-state index contributed by atoms with van der Waals surface area (Å²) in [5, 5.41) is 12.7. The number of nitrogens with zero attached hydrogens (tertiary/aromatic N) is 2. The molecule has 0 saturated heterocycles. The predicted octanol–water partition coefficient (Wildman–Crippen LogP) is 9.26. The molecular formula is C33H24Cl2F3N3O2. The molecule has 0 spiro atoms. The molecule has 218 valence electrons. The van der Waals surface area contributed by atoms with Crippen molar-refractivity contribution >= 4 is 47.0 Å². The summed E-state index contributed by atoms with van der Waals surface area (Å²) < 4.78 is 40.7. The third kappa shape index (κ3) is 7.66. The number of aromatic nitrogens is 2. The van der Waals surface area contributed by atoms with Gasteiger partial charge in [-0.05, 0) is 70.8 Å². The van der Waals surface area contributed by atoms with E-state index in [2.05, 4.69) is 5.32 Å². The Morgan fingerprint density at radius 1 is 0.884 bits per heavy atom. The number of halogens is 5. The summed E-state index contributed by atoms with van der Waals surface area (Å²) in [5.41, 5.74) is 4.75. The van der Waals surface area contributed by atoms with Crippen LogP contribution in [0.4, 0.5) is 18.9 Å². The lowest BCUT2D eigenvalue weighted by Crippen LogP contribution is -2.12. The molecule has 43 heavy (non-hydrogen) atoms. The van der Waals surface area contributed by atoms with Crippen molar-refractivity contribution in [2.75, 3.05) is 11.9 Å². The monoisotopic (exact) mass is 621 g/mol. The van der Waals surface area contributed by atoms with Gasteiger partial charge in [0.1, 0.15) is 12.4 Å². The number of carbonyl (C=O) groups is 1. The Balaban J connectivity index is 1.39. The second-order valence-electron chi connectivity index (χ2n) is 9.71. The van der Waals surface area contributed by atoms with Crippen molar-refractivity contribution in [3.05, 3.63) is 130 Å². The Hall–Kier alpha value is -4.53. The average Bonchev–Trinajstić information content (AvgIpc) is 3.37. The maximum atomic E-state index is 12.9. The molecule has 0 amide bonds. The molecule has 10 heteroatoms. The van der Waals surface area contributed by atoms with Gasteiger partial charge in [0.25, 0.3) is 0 Å². The first-order chi connectivity index (χ1) is 20.5. The van der Waals surface area contributed by atoms with Crippen LogP contribution in [0, 0.1) is 0 Å². The molecule has 1 aromatic heterocycles. The van der Waals surface area contributed by atoms with E-state index >= 15 is 0 Å². The Kier molecular flexibility index (Phi) is 8.89. The smallest absolute Gasteiger partial charge is 0.416 e. The van der Waals surface area contributed by atoms with E-state index in [9.17, 15) is 18.0 Å². The number of anilines is 1. The van der Waals surface area contributed by atoms with E-state index in [0.29, 0.717) is 39.4 Å². The first kappa shape index (κ1) is 29.9. The van der Waals surface area contributed by atoms with Crippen LogP contribution in [-0.2, 0) is 17.5 Å². The highest BCUT2D eigenvalue weighted by molar-refractivity contribution is 6.36. The summed E-state index contributed by atoms with van der Waals surface area (Å²) in [6.45, 7) is 0.316. The number of aliphatic carboxylic acids is 1. The number of nitrogens with one attached hydrogen (secondary N) is 1. The number of imidazole rings is 1. The quantitative estimate of drug-likeness (QED) is 0.172. The Morgan fingerprint density at radius 3 is 2.14 bits per heavy atom. The first-order valence-corrected chi connectivity index (χ1v) is 13.8. The highest BCUT2D eigenvalue weighted by atomic mass is 35.5. The van der Waals surface area contributed by atoms with Crippen LogP contribution >= 0.6 is 23.2 Å². The van der Waals surface area contributed by atoms with Crippen LogP contribution in [0.2, 0.25) is 10.0 Å². The van der Waals surface area contributed by atoms with E-state index < -0.39 is 17.7 Å². The van der Waals surface area contributed by atoms with E-state index in [1.54, 1.807) is 12.1 Å². The molecule has 0 unspecified atom stereocenters. The molecule has 0 radical (unpaired) electrons. The van der Waals surface area contributed by atoms with Gasteiger partial charge < -0.3 is 15.0 Å². The van der Waals surface area contributed by atoms with Gasteiger partial charge in [0.05, 0.1) is 16.3 Å². The van der Waals surface area contributed by atoms with Crippen LogP contribution in [0.25, 0.3) is 34.5 Å². The van der Waals surface area contributed by atoms with Crippen LogP contribution in [0.5, 0.6) is 0 Å². The Bertz CT molecular complexity index is 1760. The summed E-state index contributed by atoms with van der Waals surface area (Å²) >= 11 is 12.6. The standard InChI is InChI=1S/C33H24Cl2F3N3O2/c34-26-12-15-28(29(35)17-26)30-20-41(19-22-3-13-27(14-4-22)39-18-32(42)43)31(40-30)16-5-21-1-6-23(7-2-21)24-8-10-25(11-9-24)33(36,37)38/h1-17,20,39H,18-19H2,(H,42,43). The van der Waals surface area contributed by atoms with E-state index in [0.717, 1.165) is 34.4 Å². The largest absolute Gasteiger partial charge is 0.480 e. The maximum Gasteiger partial charge on any atom is 0.416 e. The van der Waals surface area contributed by atoms with Crippen molar-refractivity contribution in [3.8, 4) is 22.4 Å². The van der Waals surface area contributed by atoms with Crippen molar-refractivity contribution in [1.82, 2.24) is 9.55 Å². The molecule has 0 aliphatic carbocycles. The highest BCUT2D eigenvalue weighted by Gasteiger charge is 2.29. The lowest BCUT2D eigenvalue weighted by molar-refractivity contribution is -0.137. The lowest BCUT2D eigenvalue weighted by Gasteiger charge is -2.08. The van der Waals surface area contributed by atoms with Crippen molar-refractivity contribution in [1.29, 1.82) is 0 Å². The number of hydrogen-bond donors (Lipinski definition) is 2. The molecule has 1 heterocycles. The number of alkyl halides is 3. The second-order valence-corrected chi connectivity index (χ2v) is 10.6. The van der Waals surface area contributed by atoms with Crippen molar-refractivity contribution in [2.45, 2.75) is 12.7 Å². The van der Waals surface area contributed by atoms with Crippen LogP contribution in [0.1, 0.15) is 22.5 Å². The minimum atomic E-state index is -4.37. The van der Waals surface area contributed by atoms with Crippen molar-refractivity contribution in [3.63, 3.8) is 0 Å².